The van der Waals surface area contributed by atoms with E-state index >= 15 is 0 Å². The number of methoxy groups -OCH3 is 1. The molecular formula is C20H18Cl2O4. The number of rotatable bonds is 7. The van der Waals surface area contributed by atoms with Crippen LogP contribution in [0.25, 0.3) is 6.08 Å². The first-order valence-electron chi connectivity index (χ1n) is 7.85. The molecule has 0 aliphatic heterocycles. The lowest BCUT2D eigenvalue weighted by Gasteiger charge is -2.16. The first kappa shape index (κ1) is 20.2. The van der Waals surface area contributed by atoms with Crippen molar-refractivity contribution in [2.45, 2.75) is 13.0 Å². The zero-order valence-electron chi connectivity index (χ0n) is 14.4. The van der Waals surface area contributed by atoms with Gasteiger partial charge in [0.2, 0.25) is 0 Å². The number of hydrogen-bond acceptors (Lipinski definition) is 4. The van der Waals surface area contributed by atoms with Gasteiger partial charge in [-0.15, -0.1) is 0 Å². The third-order valence-corrected chi connectivity index (χ3v) is 4.54. The average Bonchev–Trinajstić information content (AvgIpc) is 2.64. The van der Waals surface area contributed by atoms with E-state index in [-0.39, 0.29) is 17.2 Å². The Morgan fingerprint density at radius 1 is 1.08 bits per heavy atom. The van der Waals surface area contributed by atoms with Crippen LogP contribution in [0.1, 0.15) is 24.2 Å². The Kier molecular flexibility index (Phi) is 7.39. The van der Waals surface area contributed by atoms with Crippen LogP contribution in [-0.4, -0.2) is 25.5 Å². The molecule has 26 heavy (non-hydrogen) atoms. The summed E-state index contributed by atoms with van der Waals surface area (Å²) in [6.45, 7) is 1.27. The molecule has 0 radical (unpaired) electrons. The standard InChI is InChI=1S/C20H18Cl2O4/c1-13(23)16(11-15-9-6-10-17(21)19(15)22)20(24)26-12-18(25-2)14-7-4-3-5-8-14/h3-11,18H,12H2,1-2H3. The molecule has 1 unspecified atom stereocenters. The highest BCUT2D eigenvalue weighted by atomic mass is 35.5. The quantitative estimate of drug-likeness (QED) is 0.291. The zero-order valence-corrected chi connectivity index (χ0v) is 15.9. The molecule has 0 fully saturated rings. The van der Waals surface area contributed by atoms with E-state index in [0.29, 0.717) is 10.6 Å². The highest BCUT2D eigenvalue weighted by Gasteiger charge is 2.20. The SMILES string of the molecule is COC(COC(=O)C(=Cc1cccc(Cl)c1Cl)C(C)=O)c1ccccc1. The molecule has 0 saturated heterocycles. The van der Waals surface area contributed by atoms with Gasteiger partial charge in [-0.2, -0.15) is 0 Å². The number of ketones is 1. The largest absolute Gasteiger partial charge is 0.459 e. The van der Waals surface area contributed by atoms with Crippen molar-refractivity contribution in [1.82, 2.24) is 0 Å². The average molecular weight is 393 g/mol. The van der Waals surface area contributed by atoms with Crippen LogP contribution in [0.4, 0.5) is 0 Å². The van der Waals surface area contributed by atoms with Crippen molar-refractivity contribution in [1.29, 1.82) is 0 Å². The number of benzene rings is 2. The summed E-state index contributed by atoms with van der Waals surface area (Å²) in [5.74, 6) is -1.17. The predicted molar refractivity (Wildman–Crippen MR) is 102 cm³/mol. The fourth-order valence-corrected chi connectivity index (χ4v) is 2.65. The lowest BCUT2D eigenvalue weighted by atomic mass is 10.1. The molecule has 4 nitrogen and oxygen atoms in total. The van der Waals surface area contributed by atoms with Crippen molar-refractivity contribution < 1.29 is 19.1 Å². The van der Waals surface area contributed by atoms with Gasteiger partial charge in [0.1, 0.15) is 18.3 Å². The molecule has 0 amide bonds. The van der Waals surface area contributed by atoms with Crippen LogP contribution in [0.15, 0.2) is 54.1 Å². The van der Waals surface area contributed by atoms with Crippen molar-refractivity contribution in [3.63, 3.8) is 0 Å². The normalized spacial score (nSPS) is 12.5. The zero-order chi connectivity index (χ0) is 19.1. The van der Waals surface area contributed by atoms with E-state index in [9.17, 15) is 9.59 Å². The maximum absolute atomic E-state index is 12.4. The van der Waals surface area contributed by atoms with Crippen LogP contribution < -0.4 is 0 Å². The Morgan fingerprint density at radius 3 is 2.38 bits per heavy atom. The predicted octanol–water partition coefficient (Wildman–Crippen LogP) is 4.90. The first-order valence-corrected chi connectivity index (χ1v) is 8.61. The molecule has 0 saturated carbocycles. The van der Waals surface area contributed by atoms with Crippen molar-refractivity contribution in [3.05, 3.63) is 75.3 Å². The number of carbonyl (C=O) groups excluding carboxylic acids is 2. The van der Waals surface area contributed by atoms with E-state index in [1.54, 1.807) is 18.2 Å². The third-order valence-electron chi connectivity index (χ3n) is 3.70. The minimum atomic E-state index is -0.744. The second kappa shape index (κ2) is 9.53. The van der Waals surface area contributed by atoms with Gasteiger partial charge in [0.05, 0.1) is 10.0 Å². The van der Waals surface area contributed by atoms with E-state index in [0.717, 1.165) is 5.56 Å². The maximum atomic E-state index is 12.4. The molecule has 1 atom stereocenters. The van der Waals surface area contributed by atoms with Gasteiger partial charge in [0.25, 0.3) is 0 Å². The van der Waals surface area contributed by atoms with Crippen LogP contribution in [0.5, 0.6) is 0 Å². The Bertz CT molecular complexity index is 816. The van der Waals surface area contributed by atoms with Crippen molar-refractivity contribution in [2.75, 3.05) is 13.7 Å². The number of ether oxygens (including phenoxy) is 2. The molecule has 6 heteroatoms. The van der Waals surface area contributed by atoms with E-state index in [1.807, 2.05) is 30.3 Å². The fourth-order valence-electron chi connectivity index (χ4n) is 2.29. The van der Waals surface area contributed by atoms with Crippen molar-refractivity contribution in [2.24, 2.45) is 0 Å². The second-order valence-electron chi connectivity index (χ2n) is 5.49. The van der Waals surface area contributed by atoms with Crippen LogP contribution in [-0.2, 0) is 19.1 Å². The number of halogens is 2. The Morgan fingerprint density at radius 2 is 1.77 bits per heavy atom. The fraction of sp³-hybridized carbons (Fsp3) is 0.200. The second-order valence-corrected chi connectivity index (χ2v) is 6.28. The molecule has 0 heterocycles. The van der Waals surface area contributed by atoms with Gasteiger partial charge < -0.3 is 9.47 Å². The van der Waals surface area contributed by atoms with E-state index < -0.39 is 17.9 Å². The summed E-state index contributed by atoms with van der Waals surface area (Å²) in [5.41, 5.74) is 1.22. The monoisotopic (exact) mass is 392 g/mol. The molecule has 2 rings (SSSR count). The topological polar surface area (TPSA) is 52.6 Å². The van der Waals surface area contributed by atoms with Gasteiger partial charge in [-0.25, -0.2) is 4.79 Å². The number of esters is 1. The molecule has 136 valence electrons. The molecule has 0 aromatic heterocycles. The molecule has 0 spiro atoms. The lowest BCUT2D eigenvalue weighted by Crippen LogP contribution is -2.18. The van der Waals surface area contributed by atoms with E-state index in [2.05, 4.69) is 0 Å². The lowest BCUT2D eigenvalue weighted by molar-refractivity contribution is -0.143. The summed E-state index contributed by atoms with van der Waals surface area (Å²) in [4.78, 5) is 24.3. The summed E-state index contributed by atoms with van der Waals surface area (Å²) in [6.07, 6.45) is 0.951. The van der Waals surface area contributed by atoms with Gasteiger partial charge in [-0.1, -0.05) is 65.7 Å². The Labute approximate surface area is 162 Å². The van der Waals surface area contributed by atoms with Gasteiger partial charge in [0, 0.05) is 7.11 Å². The van der Waals surface area contributed by atoms with Gasteiger partial charge in [0.15, 0.2) is 5.78 Å². The number of Topliss-reactive ketones (excluding diaryl/α,β-unsaturated/α-hetero) is 1. The smallest absolute Gasteiger partial charge is 0.341 e. The minimum absolute atomic E-state index is 0.0206. The van der Waals surface area contributed by atoms with Gasteiger partial charge in [-0.3, -0.25) is 4.79 Å². The summed E-state index contributed by atoms with van der Waals surface area (Å²) in [7, 11) is 1.53. The molecule has 2 aromatic rings. The molecule has 0 bridgehead atoms. The Hall–Kier alpha value is -2.14. The summed E-state index contributed by atoms with van der Waals surface area (Å²) >= 11 is 12.1. The molecule has 0 aliphatic carbocycles. The third kappa shape index (κ3) is 5.18. The molecule has 0 N–H and O–H groups in total. The first-order chi connectivity index (χ1) is 12.4. The molecular weight excluding hydrogens is 375 g/mol. The van der Waals surface area contributed by atoms with Crippen molar-refractivity contribution >= 4 is 41.0 Å². The highest BCUT2D eigenvalue weighted by Crippen LogP contribution is 2.27. The van der Waals surface area contributed by atoms with Crippen LogP contribution >= 0.6 is 23.2 Å². The van der Waals surface area contributed by atoms with Crippen LogP contribution in [0.3, 0.4) is 0 Å². The summed E-state index contributed by atoms with van der Waals surface area (Å²) < 4.78 is 10.6. The Balaban J connectivity index is 2.17. The van der Waals surface area contributed by atoms with Crippen LogP contribution in [0.2, 0.25) is 10.0 Å². The highest BCUT2D eigenvalue weighted by molar-refractivity contribution is 6.43. The van der Waals surface area contributed by atoms with E-state index in [1.165, 1.54) is 20.1 Å². The number of carbonyl (C=O) groups is 2. The maximum Gasteiger partial charge on any atom is 0.341 e. The van der Waals surface area contributed by atoms with Gasteiger partial charge >= 0.3 is 5.97 Å². The van der Waals surface area contributed by atoms with Crippen LogP contribution in [0, 0.1) is 0 Å². The molecule has 2 aromatic carbocycles. The summed E-state index contributed by atoms with van der Waals surface area (Å²) in [6, 6.07) is 14.3. The van der Waals surface area contributed by atoms with Crippen molar-refractivity contribution in [3.8, 4) is 0 Å². The number of hydrogen-bond donors (Lipinski definition) is 0. The summed E-state index contributed by atoms with van der Waals surface area (Å²) in [5, 5.41) is 0.597. The minimum Gasteiger partial charge on any atom is -0.459 e. The van der Waals surface area contributed by atoms with Gasteiger partial charge in [-0.05, 0) is 30.2 Å². The molecule has 0 aliphatic rings. The van der Waals surface area contributed by atoms with E-state index in [4.69, 9.17) is 32.7 Å².